The molecular formula is C22H17ClN2O3S. The maximum atomic E-state index is 13.3. The molecule has 4 aromatic rings. The number of rotatable bonds is 5. The van der Waals surface area contributed by atoms with E-state index in [2.05, 4.69) is 10.3 Å². The minimum Gasteiger partial charge on any atom is -0.419 e. The van der Waals surface area contributed by atoms with Gasteiger partial charge in [-0.1, -0.05) is 47.5 Å². The monoisotopic (exact) mass is 424 g/mol. The number of hydrogen-bond acceptors (Lipinski definition) is 5. The molecule has 1 heterocycles. The zero-order valence-electron chi connectivity index (χ0n) is 15.5. The number of nitrogens with zero attached hydrogens (tertiary/aromatic N) is 1. The van der Waals surface area contributed by atoms with Crippen LogP contribution in [-0.4, -0.2) is 13.4 Å². The van der Waals surface area contributed by atoms with E-state index in [1.807, 2.05) is 61.5 Å². The van der Waals surface area contributed by atoms with Crippen LogP contribution in [0.4, 0.5) is 11.6 Å². The number of halogens is 1. The van der Waals surface area contributed by atoms with Crippen molar-refractivity contribution in [3.8, 4) is 11.5 Å². The molecule has 146 valence electrons. The maximum Gasteiger partial charge on any atom is 0.238 e. The maximum absolute atomic E-state index is 13.3. The SMILES string of the molecule is Cc1cccc(-c2nc(S(=O)(=O)c3ccc(Cl)cc3)c(Nc3ccccc3)o2)c1. The number of hydrogen-bond donors (Lipinski definition) is 1. The van der Waals surface area contributed by atoms with E-state index in [0.717, 1.165) is 5.56 Å². The molecule has 0 aliphatic heterocycles. The quantitative estimate of drug-likeness (QED) is 0.433. The molecule has 0 saturated heterocycles. The van der Waals surface area contributed by atoms with Gasteiger partial charge in [-0.15, -0.1) is 0 Å². The van der Waals surface area contributed by atoms with E-state index in [9.17, 15) is 8.42 Å². The summed E-state index contributed by atoms with van der Waals surface area (Å²) in [5, 5.41) is 3.30. The molecule has 0 saturated carbocycles. The van der Waals surface area contributed by atoms with Crippen molar-refractivity contribution in [2.45, 2.75) is 16.8 Å². The van der Waals surface area contributed by atoms with Gasteiger partial charge in [-0.3, -0.25) is 0 Å². The lowest BCUT2D eigenvalue weighted by atomic mass is 10.1. The molecule has 0 radical (unpaired) electrons. The van der Waals surface area contributed by atoms with Gasteiger partial charge in [0.15, 0.2) is 0 Å². The van der Waals surface area contributed by atoms with Crippen molar-refractivity contribution in [3.05, 3.63) is 89.4 Å². The highest BCUT2D eigenvalue weighted by Crippen LogP contribution is 2.34. The summed E-state index contributed by atoms with van der Waals surface area (Å²) in [7, 11) is -3.93. The van der Waals surface area contributed by atoms with Gasteiger partial charge in [0.05, 0.1) is 4.90 Å². The van der Waals surface area contributed by atoms with Crippen molar-refractivity contribution in [1.29, 1.82) is 0 Å². The van der Waals surface area contributed by atoms with Crippen molar-refractivity contribution in [2.75, 3.05) is 5.32 Å². The first-order chi connectivity index (χ1) is 13.9. The van der Waals surface area contributed by atoms with E-state index < -0.39 is 9.84 Å². The predicted octanol–water partition coefficient (Wildman–Crippen LogP) is 5.88. The molecule has 0 atom stereocenters. The Labute approximate surface area is 173 Å². The Morgan fingerprint density at radius 2 is 1.66 bits per heavy atom. The second-order valence-electron chi connectivity index (χ2n) is 6.47. The summed E-state index contributed by atoms with van der Waals surface area (Å²) in [5.41, 5.74) is 2.39. The Morgan fingerprint density at radius 1 is 0.931 bits per heavy atom. The molecule has 0 fully saturated rings. The lowest BCUT2D eigenvalue weighted by Gasteiger charge is -2.06. The molecule has 1 N–H and O–H groups in total. The van der Waals surface area contributed by atoms with Crippen molar-refractivity contribution < 1.29 is 12.8 Å². The van der Waals surface area contributed by atoms with Crippen LogP contribution >= 0.6 is 11.6 Å². The second-order valence-corrected chi connectivity index (χ2v) is 8.77. The number of oxazole rings is 1. The highest BCUT2D eigenvalue weighted by Gasteiger charge is 2.28. The molecule has 0 unspecified atom stereocenters. The smallest absolute Gasteiger partial charge is 0.238 e. The predicted molar refractivity (Wildman–Crippen MR) is 113 cm³/mol. The summed E-state index contributed by atoms with van der Waals surface area (Å²) in [6.07, 6.45) is 0. The average Bonchev–Trinajstić information content (AvgIpc) is 3.14. The van der Waals surface area contributed by atoms with E-state index in [-0.39, 0.29) is 21.7 Å². The summed E-state index contributed by atoms with van der Waals surface area (Å²) < 4.78 is 32.4. The fraction of sp³-hybridized carbons (Fsp3) is 0.0455. The zero-order chi connectivity index (χ0) is 20.4. The Kier molecular flexibility index (Phi) is 5.13. The van der Waals surface area contributed by atoms with Crippen LogP contribution in [0.3, 0.4) is 0 Å². The van der Waals surface area contributed by atoms with Crippen molar-refractivity contribution in [2.24, 2.45) is 0 Å². The van der Waals surface area contributed by atoms with E-state index in [1.54, 1.807) is 0 Å². The number of nitrogens with one attached hydrogen (secondary N) is 1. The molecular weight excluding hydrogens is 408 g/mol. The Balaban J connectivity index is 1.85. The van der Waals surface area contributed by atoms with Crippen molar-refractivity contribution in [1.82, 2.24) is 4.98 Å². The van der Waals surface area contributed by atoms with E-state index in [0.29, 0.717) is 16.3 Å². The van der Waals surface area contributed by atoms with Gasteiger partial charge < -0.3 is 9.73 Å². The third kappa shape index (κ3) is 4.04. The Hall–Kier alpha value is -3.09. The van der Waals surface area contributed by atoms with Crippen LogP contribution < -0.4 is 5.32 Å². The first-order valence-corrected chi connectivity index (χ1v) is 10.7. The van der Waals surface area contributed by atoms with E-state index >= 15 is 0 Å². The summed E-state index contributed by atoms with van der Waals surface area (Å²) in [6, 6.07) is 22.7. The lowest BCUT2D eigenvalue weighted by Crippen LogP contribution is -2.05. The molecule has 0 aliphatic carbocycles. The van der Waals surface area contributed by atoms with Crippen LogP contribution in [0, 0.1) is 6.92 Å². The normalized spacial score (nSPS) is 11.4. The largest absolute Gasteiger partial charge is 0.419 e. The van der Waals surface area contributed by atoms with Crippen molar-refractivity contribution in [3.63, 3.8) is 0 Å². The van der Waals surface area contributed by atoms with Gasteiger partial charge in [0.25, 0.3) is 0 Å². The molecule has 0 aliphatic rings. The van der Waals surface area contributed by atoms with Gasteiger partial charge in [0.2, 0.25) is 26.6 Å². The highest BCUT2D eigenvalue weighted by atomic mass is 35.5. The van der Waals surface area contributed by atoms with Gasteiger partial charge in [-0.05, 0) is 55.5 Å². The molecule has 0 bridgehead atoms. The molecule has 7 heteroatoms. The van der Waals surface area contributed by atoms with Crippen LogP contribution in [0.1, 0.15) is 5.56 Å². The summed E-state index contributed by atoms with van der Waals surface area (Å²) in [6.45, 7) is 1.95. The molecule has 1 aromatic heterocycles. The molecule has 0 spiro atoms. The highest BCUT2D eigenvalue weighted by molar-refractivity contribution is 7.91. The van der Waals surface area contributed by atoms with Crippen molar-refractivity contribution >= 4 is 33.0 Å². The second kappa shape index (κ2) is 7.73. The van der Waals surface area contributed by atoms with Crippen LogP contribution in [0.2, 0.25) is 5.02 Å². The van der Waals surface area contributed by atoms with Gasteiger partial charge >= 0.3 is 0 Å². The molecule has 5 nitrogen and oxygen atoms in total. The Morgan fingerprint density at radius 3 is 2.34 bits per heavy atom. The molecule has 0 amide bonds. The van der Waals surface area contributed by atoms with Gasteiger partial charge in [0.1, 0.15) is 0 Å². The zero-order valence-corrected chi connectivity index (χ0v) is 17.0. The Bertz CT molecular complexity index is 1250. The van der Waals surface area contributed by atoms with Crippen LogP contribution in [0.5, 0.6) is 0 Å². The minimum atomic E-state index is -3.93. The third-order valence-electron chi connectivity index (χ3n) is 4.27. The summed E-state index contributed by atoms with van der Waals surface area (Å²) in [4.78, 5) is 4.42. The number of para-hydroxylation sites is 1. The third-order valence-corrected chi connectivity index (χ3v) is 6.20. The topological polar surface area (TPSA) is 72.2 Å². The molecule has 4 rings (SSSR count). The fourth-order valence-electron chi connectivity index (χ4n) is 2.85. The number of benzene rings is 3. The van der Waals surface area contributed by atoms with Gasteiger partial charge in [-0.2, -0.15) is 4.98 Å². The number of anilines is 2. The van der Waals surface area contributed by atoms with E-state index in [4.69, 9.17) is 16.0 Å². The number of aromatic nitrogens is 1. The minimum absolute atomic E-state index is 0.0580. The van der Waals surface area contributed by atoms with Crippen LogP contribution in [0.15, 0.2) is 93.2 Å². The summed E-state index contributed by atoms with van der Waals surface area (Å²) >= 11 is 5.90. The van der Waals surface area contributed by atoms with Gasteiger partial charge in [0, 0.05) is 16.3 Å². The number of aryl methyl sites for hydroxylation is 1. The first kappa shape index (κ1) is 19.2. The number of sulfone groups is 1. The van der Waals surface area contributed by atoms with Gasteiger partial charge in [-0.25, -0.2) is 8.42 Å². The lowest BCUT2D eigenvalue weighted by molar-refractivity contribution is 0.582. The van der Waals surface area contributed by atoms with Crippen LogP contribution in [0.25, 0.3) is 11.5 Å². The van der Waals surface area contributed by atoms with E-state index in [1.165, 1.54) is 24.3 Å². The summed E-state index contributed by atoms with van der Waals surface area (Å²) in [5.74, 6) is 0.280. The first-order valence-electron chi connectivity index (χ1n) is 8.84. The average molecular weight is 425 g/mol. The molecule has 29 heavy (non-hydrogen) atoms. The fourth-order valence-corrected chi connectivity index (χ4v) is 4.23. The van der Waals surface area contributed by atoms with Crippen LogP contribution in [-0.2, 0) is 9.84 Å². The standard InChI is InChI=1S/C22H17ClN2O3S/c1-15-6-5-7-16(14-15)20-25-22(21(28-20)24-18-8-3-2-4-9-18)29(26,27)19-12-10-17(23)11-13-19/h2-14,24H,1H3. The molecule has 3 aromatic carbocycles.